The molecule has 0 aliphatic carbocycles. The van der Waals surface area contributed by atoms with Crippen LogP contribution in [0.25, 0.3) is 0 Å². The molecule has 0 bridgehead atoms. The Morgan fingerprint density at radius 1 is 0.952 bits per heavy atom. The highest BCUT2D eigenvalue weighted by Gasteiger charge is 2.22. The summed E-state index contributed by atoms with van der Waals surface area (Å²) in [6.07, 6.45) is 2.31. The van der Waals surface area contributed by atoms with E-state index in [2.05, 4.69) is 37.2 Å². The molecule has 0 saturated carbocycles. The molecule has 0 spiro atoms. The Bertz CT molecular complexity index is 396. The lowest BCUT2D eigenvalue weighted by atomic mass is 10.0. The van der Waals surface area contributed by atoms with Crippen LogP contribution in [0.2, 0.25) is 0 Å². The summed E-state index contributed by atoms with van der Waals surface area (Å²) in [6.45, 7) is 5.48. The normalized spacial score (nSPS) is 15.7. The summed E-state index contributed by atoms with van der Waals surface area (Å²) in [5.74, 6) is 9.37. The Hall–Kier alpha value is -1.30. The molecule has 0 heterocycles. The van der Waals surface area contributed by atoms with Crippen molar-refractivity contribution in [2.75, 3.05) is 0 Å². The van der Waals surface area contributed by atoms with E-state index in [1.807, 2.05) is 0 Å². The molecule has 21 heavy (non-hydrogen) atoms. The van der Waals surface area contributed by atoms with Gasteiger partial charge < -0.3 is 20.4 Å². The van der Waals surface area contributed by atoms with Gasteiger partial charge in [0.15, 0.2) is 0 Å². The molecule has 0 aromatic carbocycles. The van der Waals surface area contributed by atoms with Crippen molar-refractivity contribution < 1.29 is 20.4 Å². The van der Waals surface area contributed by atoms with Gasteiger partial charge in [0.2, 0.25) is 0 Å². The average molecular weight is 294 g/mol. The predicted octanol–water partition coefficient (Wildman–Crippen LogP) is 0.983. The van der Waals surface area contributed by atoms with E-state index in [9.17, 15) is 15.3 Å². The zero-order valence-corrected chi connectivity index (χ0v) is 12.6. The summed E-state index contributed by atoms with van der Waals surface area (Å²) in [7, 11) is 0. The van der Waals surface area contributed by atoms with Crippen LogP contribution in [-0.4, -0.2) is 44.8 Å². The molecule has 0 aliphatic heterocycles. The van der Waals surface area contributed by atoms with E-state index in [0.29, 0.717) is 6.42 Å². The molecule has 4 N–H and O–H groups in total. The minimum atomic E-state index is -1.36. The first kappa shape index (κ1) is 19.7. The molecule has 4 heteroatoms. The molecule has 118 valence electrons. The van der Waals surface area contributed by atoms with E-state index in [-0.39, 0.29) is 0 Å². The van der Waals surface area contributed by atoms with Gasteiger partial charge in [-0.3, -0.25) is 0 Å². The third-order valence-corrected chi connectivity index (χ3v) is 3.05. The lowest BCUT2D eigenvalue weighted by molar-refractivity contribution is -0.0415. The van der Waals surface area contributed by atoms with Crippen LogP contribution in [0.3, 0.4) is 0 Å². The zero-order valence-electron chi connectivity index (χ0n) is 12.6. The van der Waals surface area contributed by atoms with Crippen LogP contribution in [0.5, 0.6) is 0 Å². The fourth-order valence-electron chi connectivity index (χ4n) is 1.70. The van der Waals surface area contributed by atoms with E-state index in [0.717, 1.165) is 25.7 Å². The smallest absolute Gasteiger partial charge is 0.144 e. The summed E-state index contributed by atoms with van der Waals surface area (Å²) in [5, 5.41) is 38.2. The van der Waals surface area contributed by atoms with E-state index < -0.39 is 24.4 Å². The van der Waals surface area contributed by atoms with Crippen LogP contribution in [-0.2, 0) is 0 Å². The lowest BCUT2D eigenvalue weighted by Gasteiger charge is -2.19. The van der Waals surface area contributed by atoms with Crippen LogP contribution in [0, 0.1) is 23.7 Å². The fourth-order valence-corrected chi connectivity index (χ4v) is 1.70. The van der Waals surface area contributed by atoms with Gasteiger partial charge in [-0.15, -0.1) is 0 Å². The summed E-state index contributed by atoms with van der Waals surface area (Å²) in [4.78, 5) is 0. The van der Waals surface area contributed by atoms with E-state index >= 15 is 0 Å². The fraction of sp³-hybridized carbons (Fsp3) is 0.647. The zero-order chi connectivity index (χ0) is 16.1. The standard InChI is InChI=1S/C17H26O4/c1-3-5-6-7-8-12-15(19)17(21)16(20)13-10-9-11-14(18)4-2/h4,14-21H,2-3,5-8,12H2,1H3/t14-,15-,16+,17-/m0/s1. The molecule has 0 unspecified atom stereocenters. The summed E-state index contributed by atoms with van der Waals surface area (Å²) < 4.78 is 0. The maximum absolute atomic E-state index is 9.76. The Kier molecular flexibility index (Phi) is 11.7. The second kappa shape index (κ2) is 12.4. The second-order valence-electron chi connectivity index (χ2n) is 4.92. The largest absolute Gasteiger partial charge is 0.390 e. The van der Waals surface area contributed by atoms with Gasteiger partial charge in [-0.2, -0.15) is 0 Å². The molecule has 0 aromatic heterocycles. The van der Waals surface area contributed by atoms with E-state index in [1.54, 1.807) is 0 Å². The van der Waals surface area contributed by atoms with Gasteiger partial charge in [0.1, 0.15) is 18.3 Å². The first-order valence-corrected chi connectivity index (χ1v) is 7.38. The molecule has 0 aromatic rings. The minimum absolute atomic E-state index is 0.435. The van der Waals surface area contributed by atoms with Crippen molar-refractivity contribution in [1.29, 1.82) is 0 Å². The van der Waals surface area contributed by atoms with Crippen molar-refractivity contribution in [2.45, 2.75) is 69.9 Å². The number of hydrogen-bond acceptors (Lipinski definition) is 4. The average Bonchev–Trinajstić information content (AvgIpc) is 2.49. The number of aliphatic hydroxyl groups is 4. The van der Waals surface area contributed by atoms with Crippen LogP contribution in [0.1, 0.15) is 45.4 Å². The van der Waals surface area contributed by atoms with Crippen molar-refractivity contribution in [3.05, 3.63) is 12.7 Å². The van der Waals surface area contributed by atoms with Crippen LogP contribution >= 0.6 is 0 Å². The van der Waals surface area contributed by atoms with Gasteiger partial charge in [0.05, 0.1) is 6.10 Å². The monoisotopic (exact) mass is 294 g/mol. The highest BCUT2D eigenvalue weighted by molar-refractivity contribution is 5.30. The van der Waals surface area contributed by atoms with Crippen LogP contribution in [0.4, 0.5) is 0 Å². The van der Waals surface area contributed by atoms with E-state index in [4.69, 9.17) is 5.11 Å². The van der Waals surface area contributed by atoms with Gasteiger partial charge in [-0.05, 0) is 18.3 Å². The summed E-state index contributed by atoms with van der Waals surface area (Å²) in [6, 6.07) is 0. The number of rotatable bonds is 9. The van der Waals surface area contributed by atoms with Gasteiger partial charge in [0.25, 0.3) is 0 Å². The Labute approximate surface area is 127 Å². The molecule has 0 aliphatic rings. The Morgan fingerprint density at radius 3 is 2.19 bits per heavy atom. The molecule has 4 nitrogen and oxygen atoms in total. The maximum atomic E-state index is 9.76. The number of unbranched alkanes of at least 4 members (excludes halogenated alkanes) is 4. The van der Waals surface area contributed by atoms with Crippen molar-refractivity contribution in [3.8, 4) is 23.7 Å². The Balaban J connectivity index is 4.11. The highest BCUT2D eigenvalue weighted by Crippen LogP contribution is 2.11. The topological polar surface area (TPSA) is 80.9 Å². The SMILES string of the molecule is C=C[C@H](O)C#CC#C[C@@H](O)[C@@H](O)[C@@H](O)CCCCCCC. The quantitative estimate of drug-likeness (QED) is 0.290. The number of aliphatic hydroxyl groups excluding tert-OH is 4. The minimum Gasteiger partial charge on any atom is -0.390 e. The molecule has 0 amide bonds. The first-order chi connectivity index (χ1) is 10.0. The molecule has 0 rings (SSSR count). The predicted molar refractivity (Wildman–Crippen MR) is 83.2 cm³/mol. The molecule has 4 atom stereocenters. The van der Waals surface area contributed by atoms with Gasteiger partial charge >= 0.3 is 0 Å². The summed E-state index contributed by atoms with van der Waals surface area (Å²) in [5.41, 5.74) is 0. The van der Waals surface area contributed by atoms with Gasteiger partial charge in [-0.1, -0.05) is 63.5 Å². The molecule has 0 fully saturated rings. The lowest BCUT2D eigenvalue weighted by Crippen LogP contribution is -2.36. The van der Waals surface area contributed by atoms with E-state index in [1.165, 1.54) is 12.5 Å². The van der Waals surface area contributed by atoms with Crippen LogP contribution < -0.4 is 0 Å². The van der Waals surface area contributed by atoms with Crippen molar-refractivity contribution in [2.24, 2.45) is 0 Å². The number of hydrogen-bond donors (Lipinski definition) is 4. The summed E-state index contributed by atoms with van der Waals surface area (Å²) >= 11 is 0. The maximum Gasteiger partial charge on any atom is 0.144 e. The van der Waals surface area contributed by atoms with Gasteiger partial charge in [-0.25, -0.2) is 0 Å². The van der Waals surface area contributed by atoms with Crippen LogP contribution in [0.15, 0.2) is 12.7 Å². The molecular formula is C17H26O4. The van der Waals surface area contributed by atoms with Crippen molar-refractivity contribution >= 4 is 0 Å². The second-order valence-corrected chi connectivity index (χ2v) is 4.92. The molecule has 0 saturated heterocycles. The first-order valence-electron chi connectivity index (χ1n) is 7.38. The molecular weight excluding hydrogens is 268 g/mol. The van der Waals surface area contributed by atoms with Crippen molar-refractivity contribution in [1.82, 2.24) is 0 Å². The van der Waals surface area contributed by atoms with Crippen molar-refractivity contribution in [3.63, 3.8) is 0 Å². The highest BCUT2D eigenvalue weighted by atomic mass is 16.4. The molecule has 0 radical (unpaired) electrons. The Morgan fingerprint density at radius 2 is 1.57 bits per heavy atom. The third kappa shape index (κ3) is 10.1. The van der Waals surface area contributed by atoms with Gasteiger partial charge in [0, 0.05) is 0 Å². The third-order valence-electron chi connectivity index (χ3n) is 3.05.